The van der Waals surface area contributed by atoms with Gasteiger partial charge in [0.2, 0.25) is 5.28 Å². The van der Waals surface area contributed by atoms with E-state index in [1.54, 1.807) is 0 Å². The highest BCUT2D eigenvalue weighted by molar-refractivity contribution is 6.32. The van der Waals surface area contributed by atoms with Gasteiger partial charge >= 0.3 is 6.18 Å². The van der Waals surface area contributed by atoms with Crippen molar-refractivity contribution in [3.05, 3.63) is 46.1 Å². The monoisotopic (exact) mass is 336 g/mol. The molecule has 2 aromatic rings. The quantitative estimate of drug-likeness (QED) is 0.673. The number of nitrogens with one attached hydrogen (secondary N) is 1. The zero-order valence-electron chi connectivity index (χ0n) is 9.95. The Morgan fingerprint density at radius 3 is 2.43 bits per heavy atom. The van der Waals surface area contributed by atoms with Crippen molar-refractivity contribution in [2.24, 2.45) is 0 Å². The minimum absolute atomic E-state index is 0.0100. The lowest BCUT2D eigenvalue weighted by Crippen LogP contribution is -2.15. The summed E-state index contributed by atoms with van der Waals surface area (Å²) in [6, 6.07) is 2.94. The number of hydrogen-bond acceptors (Lipinski definition) is 4. The van der Waals surface area contributed by atoms with Crippen molar-refractivity contribution < 1.29 is 18.0 Å². The molecule has 0 aromatic carbocycles. The Labute approximate surface area is 126 Å². The van der Waals surface area contributed by atoms with Crippen LogP contribution in [0.3, 0.4) is 0 Å². The van der Waals surface area contributed by atoms with E-state index in [4.69, 9.17) is 23.2 Å². The fourth-order valence-electron chi connectivity index (χ4n) is 1.34. The molecule has 21 heavy (non-hydrogen) atoms. The Morgan fingerprint density at radius 2 is 1.90 bits per heavy atom. The van der Waals surface area contributed by atoms with Crippen LogP contribution >= 0.6 is 23.2 Å². The third-order valence-corrected chi connectivity index (χ3v) is 2.59. The molecule has 0 aliphatic carbocycles. The minimum atomic E-state index is -4.57. The summed E-state index contributed by atoms with van der Waals surface area (Å²) in [7, 11) is 0. The first-order valence-electron chi connectivity index (χ1n) is 5.30. The molecular weight excluding hydrogens is 332 g/mol. The normalized spacial score (nSPS) is 11.3. The SMILES string of the molecule is O=C(Nc1cc(Cl)nc(Cl)n1)c1ccc(C(F)(F)F)nc1. The molecule has 0 saturated carbocycles. The van der Waals surface area contributed by atoms with Crippen molar-refractivity contribution in [2.45, 2.75) is 6.18 Å². The molecule has 0 aliphatic heterocycles. The summed E-state index contributed by atoms with van der Waals surface area (Å²) in [4.78, 5) is 22.3. The molecule has 10 heteroatoms. The van der Waals surface area contributed by atoms with Crippen LogP contribution in [0.1, 0.15) is 16.1 Å². The first-order valence-corrected chi connectivity index (χ1v) is 6.06. The van der Waals surface area contributed by atoms with Crippen molar-refractivity contribution in [1.82, 2.24) is 15.0 Å². The highest BCUT2D eigenvalue weighted by atomic mass is 35.5. The molecule has 1 amide bonds. The van der Waals surface area contributed by atoms with Crippen molar-refractivity contribution in [1.29, 1.82) is 0 Å². The van der Waals surface area contributed by atoms with Crippen LogP contribution < -0.4 is 5.32 Å². The van der Waals surface area contributed by atoms with E-state index >= 15 is 0 Å². The second kappa shape index (κ2) is 5.82. The van der Waals surface area contributed by atoms with Gasteiger partial charge in [-0.25, -0.2) is 9.97 Å². The van der Waals surface area contributed by atoms with E-state index in [0.29, 0.717) is 6.07 Å². The number of amides is 1. The van der Waals surface area contributed by atoms with E-state index in [-0.39, 0.29) is 21.8 Å². The van der Waals surface area contributed by atoms with Gasteiger partial charge in [0.1, 0.15) is 16.7 Å². The molecule has 0 radical (unpaired) electrons. The highest BCUT2D eigenvalue weighted by Crippen LogP contribution is 2.27. The van der Waals surface area contributed by atoms with E-state index < -0.39 is 17.8 Å². The van der Waals surface area contributed by atoms with Crippen LogP contribution in [-0.2, 0) is 6.18 Å². The van der Waals surface area contributed by atoms with Crippen LogP contribution in [0.2, 0.25) is 10.4 Å². The van der Waals surface area contributed by atoms with Gasteiger partial charge in [-0.05, 0) is 23.7 Å². The lowest BCUT2D eigenvalue weighted by Gasteiger charge is -2.07. The number of alkyl halides is 3. The van der Waals surface area contributed by atoms with Crippen LogP contribution in [0.25, 0.3) is 0 Å². The molecule has 5 nitrogen and oxygen atoms in total. The summed E-state index contributed by atoms with van der Waals surface area (Å²) in [6.45, 7) is 0. The predicted octanol–water partition coefficient (Wildman–Crippen LogP) is 3.45. The van der Waals surface area contributed by atoms with Crippen molar-refractivity contribution in [3.8, 4) is 0 Å². The number of nitrogens with zero attached hydrogens (tertiary/aromatic N) is 3. The molecule has 0 spiro atoms. The van der Waals surface area contributed by atoms with Gasteiger partial charge in [-0.3, -0.25) is 9.78 Å². The van der Waals surface area contributed by atoms with Crippen molar-refractivity contribution in [3.63, 3.8) is 0 Å². The molecule has 0 unspecified atom stereocenters. The summed E-state index contributed by atoms with van der Waals surface area (Å²) in [5.41, 5.74) is -1.17. The molecular formula is C11H5Cl2F3N4O. The van der Waals surface area contributed by atoms with Gasteiger partial charge in [-0.15, -0.1) is 0 Å². The Bertz CT molecular complexity index is 656. The molecule has 0 aliphatic rings. The highest BCUT2D eigenvalue weighted by Gasteiger charge is 2.32. The number of halogens is 5. The van der Waals surface area contributed by atoms with Crippen LogP contribution in [-0.4, -0.2) is 20.9 Å². The Morgan fingerprint density at radius 1 is 1.19 bits per heavy atom. The number of carbonyl (C=O) groups is 1. The van der Waals surface area contributed by atoms with E-state index in [2.05, 4.69) is 20.3 Å². The molecule has 0 bridgehead atoms. The standard InChI is InChI=1S/C11H5Cl2F3N4O/c12-7-3-8(20-10(13)18-7)19-9(21)5-1-2-6(17-4-5)11(14,15)16/h1-4H,(H,18,19,20,21). The molecule has 0 atom stereocenters. The van der Waals surface area contributed by atoms with E-state index in [1.807, 2.05) is 0 Å². The smallest absolute Gasteiger partial charge is 0.306 e. The predicted molar refractivity (Wildman–Crippen MR) is 69.2 cm³/mol. The summed E-state index contributed by atoms with van der Waals surface area (Å²) in [6.07, 6.45) is -3.76. The topological polar surface area (TPSA) is 67.8 Å². The zero-order chi connectivity index (χ0) is 15.6. The lowest BCUT2D eigenvalue weighted by molar-refractivity contribution is -0.141. The molecule has 2 heterocycles. The summed E-state index contributed by atoms with van der Waals surface area (Å²) >= 11 is 11.2. The third kappa shape index (κ3) is 4.02. The van der Waals surface area contributed by atoms with Gasteiger partial charge in [0.15, 0.2) is 0 Å². The van der Waals surface area contributed by atoms with Crippen LogP contribution in [0.15, 0.2) is 24.4 Å². The Kier molecular flexibility index (Phi) is 4.29. The zero-order valence-corrected chi connectivity index (χ0v) is 11.5. The molecule has 0 fully saturated rings. The Hall–Kier alpha value is -1.93. The summed E-state index contributed by atoms with van der Waals surface area (Å²) in [5.74, 6) is -0.688. The first kappa shape index (κ1) is 15.5. The second-order valence-electron chi connectivity index (χ2n) is 3.73. The summed E-state index contributed by atoms with van der Waals surface area (Å²) < 4.78 is 37.0. The number of aromatic nitrogens is 3. The van der Waals surface area contributed by atoms with Gasteiger partial charge < -0.3 is 5.32 Å². The van der Waals surface area contributed by atoms with E-state index in [0.717, 1.165) is 12.3 Å². The lowest BCUT2D eigenvalue weighted by atomic mass is 10.2. The first-order chi connectivity index (χ1) is 9.75. The van der Waals surface area contributed by atoms with Crippen LogP contribution in [0.5, 0.6) is 0 Å². The molecule has 2 rings (SSSR count). The molecule has 2 aromatic heterocycles. The van der Waals surface area contributed by atoms with Crippen LogP contribution in [0.4, 0.5) is 19.0 Å². The number of hydrogen-bond donors (Lipinski definition) is 1. The fourth-order valence-corrected chi connectivity index (χ4v) is 1.75. The molecule has 1 N–H and O–H groups in total. The second-order valence-corrected chi connectivity index (χ2v) is 4.45. The molecule has 0 saturated heterocycles. The van der Waals surface area contributed by atoms with Gasteiger partial charge in [0.05, 0.1) is 5.56 Å². The maximum atomic E-state index is 12.3. The number of pyridine rings is 1. The maximum Gasteiger partial charge on any atom is 0.433 e. The van der Waals surface area contributed by atoms with Gasteiger partial charge in [-0.2, -0.15) is 13.2 Å². The number of carbonyl (C=O) groups excluding carboxylic acids is 1. The van der Waals surface area contributed by atoms with Gasteiger partial charge in [-0.1, -0.05) is 11.6 Å². The minimum Gasteiger partial charge on any atom is -0.306 e. The van der Waals surface area contributed by atoms with Crippen molar-refractivity contribution in [2.75, 3.05) is 5.32 Å². The fraction of sp³-hybridized carbons (Fsp3) is 0.0909. The largest absolute Gasteiger partial charge is 0.433 e. The maximum absolute atomic E-state index is 12.3. The summed E-state index contributed by atoms with van der Waals surface area (Å²) in [5, 5.41) is 2.15. The Balaban J connectivity index is 2.17. The average Bonchev–Trinajstić information content (AvgIpc) is 2.36. The van der Waals surface area contributed by atoms with Crippen molar-refractivity contribution >= 4 is 34.9 Å². The van der Waals surface area contributed by atoms with Gasteiger partial charge in [0, 0.05) is 12.3 Å². The van der Waals surface area contributed by atoms with E-state index in [9.17, 15) is 18.0 Å². The van der Waals surface area contributed by atoms with Crippen LogP contribution in [0, 0.1) is 0 Å². The molecule has 110 valence electrons. The van der Waals surface area contributed by atoms with Gasteiger partial charge in [0.25, 0.3) is 5.91 Å². The number of anilines is 1. The van der Waals surface area contributed by atoms with E-state index in [1.165, 1.54) is 6.07 Å². The average molecular weight is 337 g/mol. The number of rotatable bonds is 2. The third-order valence-electron chi connectivity index (χ3n) is 2.23.